The van der Waals surface area contributed by atoms with Gasteiger partial charge in [0.1, 0.15) is 11.5 Å². The molecule has 31 heavy (non-hydrogen) atoms. The smallest absolute Gasteiger partial charge is 0.147 e. The first kappa shape index (κ1) is 27.1. The van der Waals surface area contributed by atoms with Crippen LogP contribution in [0.15, 0.2) is 42.2 Å². The molecule has 0 aliphatic rings. The molecule has 0 spiro atoms. The van der Waals surface area contributed by atoms with Crippen molar-refractivity contribution in [1.82, 2.24) is 0 Å². The van der Waals surface area contributed by atoms with E-state index < -0.39 is 0 Å². The predicted octanol–water partition coefficient (Wildman–Crippen LogP) is 7.29. The normalized spacial score (nSPS) is 13.7. The lowest BCUT2D eigenvalue weighted by Gasteiger charge is -2.28. The number of halogens is 4. The average molecular weight is 686 g/mol. The van der Waals surface area contributed by atoms with Crippen LogP contribution in [0, 0.1) is 0 Å². The summed E-state index contributed by atoms with van der Waals surface area (Å²) in [5.41, 5.74) is 13.7. The van der Waals surface area contributed by atoms with Crippen LogP contribution in [-0.4, -0.2) is 25.3 Å². The van der Waals surface area contributed by atoms with E-state index >= 15 is 0 Å². The highest BCUT2D eigenvalue weighted by Crippen LogP contribution is 2.44. The quantitative estimate of drug-likeness (QED) is 0.276. The van der Waals surface area contributed by atoms with E-state index in [9.17, 15) is 0 Å². The first-order valence-corrected chi connectivity index (χ1v) is 13.4. The van der Waals surface area contributed by atoms with Crippen LogP contribution < -0.4 is 20.9 Å². The molecule has 8 heteroatoms. The molecule has 0 fully saturated rings. The zero-order valence-corrected chi connectivity index (χ0v) is 24.6. The highest BCUT2D eigenvalue weighted by molar-refractivity contribution is 9.11. The highest BCUT2D eigenvalue weighted by Gasteiger charge is 2.27. The Kier molecular flexibility index (Phi) is 10.4. The largest absolute Gasteiger partial charge is 0.491 e. The number of hydrogen-bond acceptors (Lipinski definition) is 4. The van der Waals surface area contributed by atoms with Crippen LogP contribution in [-0.2, 0) is 5.41 Å². The molecule has 0 radical (unpaired) electrons. The molecule has 2 aromatic carbocycles. The summed E-state index contributed by atoms with van der Waals surface area (Å²) >= 11 is 14.7. The van der Waals surface area contributed by atoms with Gasteiger partial charge in [-0.05, 0) is 126 Å². The topological polar surface area (TPSA) is 70.5 Å². The van der Waals surface area contributed by atoms with Gasteiger partial charge in [0.15, 0.2) is 0 Å². The van der Waals surface area contributed by atoms with Crippen molar-refractivity contribution in [3.05, 3.63) is 53.3 Å². The zero-order valence-electron chi connectivity index (χ0n) is 18.3. The number of nitrogens with two attached hydrogens (primary N) is 2. The summed E-state index contributed by atoms with van der Waals surface area (Å²) in [6, 6.07) is 8.67. The fourth-order valence-electron chi connectivity index (χ4n) is 2.98. The molecular formula is C23H30Br4N2O2. The van der Waals surface area contributed by atoms with Gasteiger partial charge in [0, 0.05) is 17.5 Å². The molecule has 4 nitrogen and oxygen atoms in total. The van der Waals surface area contributed by atoms with Gasteiger partial charge in [0.2, 0.25) is 0 Å². The first-order valence-electron chi connectivity index (χ1n) is 10.2. The number of hydrogen-bond donors (Lipinski definition) is 2. The van der Waals surface area contributed by atoms with Crippen LogP contribution in [0.4, 0.5) is 0 Å². The Bertz CT molecular complexity index is 784. The third-order valence-electron chi connectivity index (χ3n) is 5.08. The monoisotopic (exact) mass is 682 g/mol. The van der Waals surface area contributed by atoms with Gasteiger partial charge in [-0.1, -0.05) is 13.8 Å². The van der Waals surface area contributed by atoms with Gasteiger partial charge >= 0.3 is 0 Å². The van der Waals surface area contributed by atoms with Gasteiger partial charge in [-0.3, -0.25) is 0 Å². The third-order valence-corrected chi connectivity index (χ3v) is 7.44. The van der Waals surface area contributed by atoms with Gasteiger partial charge in [0.05, 0.1) is 31.1 Å². The Labute approximate surface area is 219 Å². The molecule has 0 bridgehead atoms. The molecule has 4 N–H and O–H groups in total. The maximum Gasteiger partial charge on any atom is 0.147 e. The SMILES string of the molecule is CC(N)CCOc1c(Br)cc(C(C)(C)c2cc(Br)c(OCCC(C)N)c(Br)c2)cc1Br. The van der Waals surface area contributed by atoms with Crippen molar-refractivity contribution < 1.29 is 9.47 Å². The van der Waals surface area contributed by atoms with Crippen LogP contribution in [0.25, 0.3) is 0 Å². The van der Waals surface area contributed by atoms with Gasteiger partial charge < -0.3 is 20.9 Å². The number of ether oxygens (including phenoxy) is 2. The van der Waals surface area contributed by atoms with Gasteiger partial charge in [-0.15, -0.1) is 0 Å². The molecule has 0 aromatic heterocycles. The summed E-state index contributed by atoms with van der Waals surface area (Å²) in [5.74, 6) is 1.58. The molecule has 0 saturated heterocycles. The van der Waals surface area contributed by atoms with Crippen molar-refractivity contribution in [3.63, 3.8) is 0 Å². The van der Waals surface area contributed by atoms with E-state index in [-0.39, 0.29) is 17.5 Å². The minimum Gasteiger partial charge on any atom is -0.491 e. The summed E-state index contributed by atoms with van der Waals surface area (Å²) < 4.78 is 15.5. The summed E-state index contributed by atoms with van der Waals surface area (Å²) in [6.45, 7) is 9.49. The molecule has 0 amide bonds. The fraction of sp³-hybridized carbons (Fsp3) is 0.478. The lowest BCUT2D eigenvalue weighted by Crippen LogP contribution is -2.20. The van der Waals surface area contributed by atoms with Crippen LogP contribution in [0.1, 0.15) is 51.7 Å². The van der Waals surface area contributed by atoms with E-state index in [1.807, 2.05) is 13.8 Å². The standard InChI is InChI=1S/C23H30Br4N2O2/c1-13(28)5-7-30-21-17(24)9-15(10-18(21)25)23(3,4)16-11-19(26)22(20(27)12-16)31-8-6-14(2)29/h9-14H,5-8,28-29H2,1-4H3. The zero-order chi connectivity index (χ0) is 23.3. The van der Waals surface area contributed by atoms with Crippen LogP contribution in [0.3, 0.4) is 0 Å². The summed E-state index contributed by atoms with van der Waals surface area (Å²) in [7, 11) is 0. The Morgan fingerprint density at radius 1 is 0.710 bits per heavy atom. The van der Waals surface area contributed by atoms with E-state index in [0.717, 1.165) is 53.4 Å². The highest BCUT2D eigenvalue weighted by atomic mass is 79.9. The third kappa shape index (κ3) is 7.44. The predicted molar refractivity (Wildman–Crippen MR) is 143 cm³/mol. The minimum atomic E-state index is -0.259. The molecule has 172 valence electrons. The second kappa shape index (κ2) is 11.8. The fourth-order valence-corrected chi connectivity index (χ4v) is 5.81. The molecule has 2 aromatic rings. The molecule has 0 saturated carbocycles. The summed E-state index contributed by atoms with van der Waals surface area (Å²) in [5, 5.41) is 0. The van der Waals surface area contributed by atoms with E-state index in [0.29, 0.717) is 13.2 Å². The summed E-state index contributed by atoms with van der Waals surface area (Å²) in [4.78, 5) is 0. The lowest BCUT2D eigenvalue weighted by atomic mass is 9.78. The van der Waals surface area contributed by atoms with Crippen LogP contribution >= 0.6 is 63.7 Å². The Morgan fingerprint density at radius 2 is 1.00 bits per heavy atom. The molecule has 0 aliphatic heterocycles. The average Bonchev–Trinajstić information content (AvgIpc) is 2.65. The summed E-state index contributed by atoms with van der Waals surface area (Å²) in [6.07, 6.45) is 1.60. The second-order valence-corrected chi connectivity index (χ2v) is 11.8. The van der Waals surface area contributed by atoms with Crippen molar-refractivity contribution in [2.75, 3.05) is 13.2 Å². The van der Waals surface area contributed by atoms with Crippen LogP contribution in [0.5, 0.6) is 11.5 Å². The second-order valence-electron chi connectivity index (χ2n) is 8.39. The molecule has 2 unspecified atom stereocenters. The molecular weight excluding hydrogens is 656 g/mol. The van der Waals surface area contributed by atoms with Crippen molar-refractivity contribution in [3.8, 4) is 11.5 Å². The van der Waals surface area contributed by atoms with Gasteiger partial charge in [0.25, 0.3) is 0 Å². The number of rotatable bonds is 10. The first-order chi connectivity index (χ1) is 14.4. The van der Waals surface area contributed by atoms with Crippen molar-refractivity contribution in [2.24, 2.45) is 11.5 Å². The van der Waals surface area contributed by atoms with Crippen LogP contribution in [0.2, 0.25) is 0 Å². The molecule has 2 rings (SSSR count). The maximum atomic E-state index is 5.95. The van der Waals surface area contributed by atoms with E-state index in [2.05, 4.69) is 102 Å². The van der Waals surface area contributed by atoms with E-state index in [4.69, 9.17) is 20.9 Å². The maximum absolute atomic E-state index is 5.95. The van der Waals surface area contributed by atoms with E-state index in [1.54, 1.807) is 0 Å². The van der Waals surface area contributed by atoms with Crippen molar-refractivity contribution in [1.29, 1.82) is 0 Å². The van der Waals surface area contributed by atoms with Gasteiger partial charge in [-0.2, -0.15) is 0 Å². The number of benzene rings is 2. The molecule has 0 aliphatic carbocycles. The molecule has 2 atom stereocenters. The van der Waals surface area contributed by atoms with E-state index in [1.165, 1.54) is 0 Å². The minimum absolute atomic E-state index is 0.110. The molecule has 0 heterocycles. The lowest BCUT2D eigenvalue weighted by molar-refractivity contribution is 0.297. The van der Waals surface area contributed by atoms with Crippen molar-refractivity contribution in [2.45, 2.75) is 58.0 Å². The Hall–Kier alpha value is -0.120. The van der Waals surface area contributed by atoms with Crippen molar-refractivity contribution >= 4 is 63.7 Å². The Morgan fingerprint density at radius 3 is 1.26 bits per heavy atom. The Balaban J connectivity index is 2.30. The van der Waals surface area contributed by atoms with Gasteiger partial charge in [-0.25, -0.2) is 0 Å².